The van der Waals surface area contributed by atoms with Crippen LogP contribution < -0.4 is 0 Å². The topological polar surface area (TPSA) is 0 Å². The fraction of sp³-hybridized carbons (Fsp3) is 0.182. The molecular formula is C22H22. The van der Waals surface area contributed by atoms with E-state index in [0.717, 1.165) is 0 Å². The van der Waals surface area contributed by atoms with Gasteiger partial charge >= 0.3 is 0 Å². The van der Waals surface area contributed by atoms with Crippen molar-refractivity contribution in [1.29, 1.82) is 0 Å². The summed E-state index contributed by atoms with van der Waals surface area (Å²) in [4.78, 5) is 0. The predicted molar refractivity (Wildman–Crippen MR) is 96.0 cm³/mol. The Hall–Kier alpha value is -2.34. The van der Waals surface area contributed by atoms with E-state index in [4.69, 9.17) is 0 Å². The van der Waals surface area contributed by atoms with E-state index >= 15 is 0 Å². The van der Waals surface area contributed by atoms with Gasteiger partial charge < -0.3 is 0 Å². The molecular weight excluding hydrogens is 264 g/mol. The highest BCUT2D eigenvalue weighted by Gasteiger charge is 2.19. The molecule has 0 heteroatoms. The van der Waals surface area contributed by atoms with Gasteiger partial charge in [0, 0.05) is 0 Å². The standard InChI is InChI=1S/C22H22/c1-22(2,3)21-15-14-19(17-10-6-4-7-11-17)16-20(21)18-12-8-5-9-13-18/h4-16H,1-3H3. The highest BCUT2D eigenvalue weighted by atomic mass is 14.2. The summed E-state index contributed by atoms with van der Waals surface area (Å²) in [5.41, 5.74) is 6.66. The third kappa shape index (κ3) is 2.96. The Kier molecular flexibility index (Phi) is 3.85. The van der Waals surface area contributed by atoms with Crippen molar-refractivity contribution in [3.63, 3.8) is 0 Å². The van der Waals surface area contributed by atoms with Crippen molar-refractivity contribution in [2.75, 3.05) is 0 Å². The fourth-order valence-corrected chi connectivity index (χ4v) is 2.86. The minimum atomic E-state index is 0.125. The summed E-state index contributed by atoms with van der Waals surface area (Å²) in [5, 5.41) is 0. The largest absolute Gasteiger partial charge is 0.0622 e. The molecule has 0 spiro atoms. The van der Waals surface area contributed by atoms with Crippen LogP contribution in [0.4, 0.5) is 0 Å². The molecule has 0 atom stereocenters. The first-order valence-electron chi connectivity index (χ1n) is 7.81. The lowest BCUT2D eigenvalue weighted by Gasteiger charge is -2.24. The van der Waals surface area contributed by atoms with Gasteiger partial charge in [0.25, 0.3) is 0 Å². The van der Waals surface area contributed by atoms with Crippen LogP contribution in [0.15, 0.2) is 78.9 Å². The molecule has 22 heavy (non-hydrogen) atoms. The molecule has 0 radical (unpaired) electrons. The van der Waals surface area contributed by atoms with E-state index in [0.29, 0.717) is 0 Å². The van der Waals surface area contributed by atoms with Gasteiger partial charge in [-0.15, -0.1) is 0 Å². The second kappa shape index (κ2) is 5.81. The highest BCUT2D eigenvalue weighted by molar-refractivity contribution is 5.76. The molecule has 3 aromatic carbocycles. The molecule has 0 saturated heterocycles. The van der Waals surface area contributed by atoms with E-state index in [-0.39, 0.29) is 5.41 Å². The molecule has 0 nitrogen and oxygen atoms in total. The average Bonchev–Trinajstić information content (AvgIpc) is 2.55. The summed E-state index contributed by atoms with van der Waals surface area (Å²) in [6.07, 6.45) is 0. The van der Waals surface area contributed by atoms with Crippen molar-refractivity contribution in [2.24, 2.45) is 0 Å². The summed E-state index contributed by atoms with van der Waals surface area (Å²) in [5.74, 6) is 0. The van der Waals surface area contributed by atoms with Gasteiger partial charge in [0.05, 0.1) is 0 Å². The second-order valence-electron chi connectivity index (χ2n) is 6.74. The third-order valence-electron chi connectivity index (χ3n) is 4.02. The van der Waals surface area contributed by atoms with Crippen LogP contribution in [0.1, 0.15) is 26.3 Å². The Bertz CT molecular complexity index is 747. The molecule has 0 aliphatic carbocycles. The van der Waals surface area contributed by atoms with E-state index in [2.05, 4.69) is 99.6 Å². The number of benzene rings is 3. The van der Waals surface area contributed by atoms with Crippen molar-refractivity contribution in [2.45, 2.75) is 26.2 Å². The molecule has 0 aliphatic rings. The van der Waals surface area contributed by atoms with Crippen LogP contribution in [-0.4, -0.2) is 0 Å². The van der Waals surface area contributed by atoms with E-state index in [1.807, 2.05) is 0 Å². The third-order valence-corrected chi connectivity index (χ3v) is 4.02. The average molecular weight is 286 g/mol. The lowest BCUT2D eigenvalue weighted by molar-refractivity contribution is 0.592. The van der Waals surface area contributed by atoms with Crippen molar-refractivity contribution < 1.29 is 0 Å². The van der Waals surface area contributed by atoms with Gasteiger partial charge in [-0.3, -0.25) is 0 Å². The molecule has 0 unspecified atom stereocenters. The van der Waals surface area contributed by atoms with Crippen LogP contribution in [0.5, 0.6) is 0 Å². The maximum absolute atomic E-state index is 2.32. The smallest absolute Gasteiger partial charge is 0.0126 e. The molecule has 0 aliphatic heterocycles. The Morgan fingerprint density at radius 2 is 1.09 bits per heavy atom. The quantitative estimate of drug-likeness (QED) is 0.517. The fourth-order valence-electron chi connectivity index (χ4n) is 2.86. The summed E-state index contributed by atoms with van der Waals surface area (Å²) in [7, 11) is 0. The summed E-state index contributed by atoms with van der Waals surface area (Å²) >= 11 is 0. The zero-order chi connectivity index (χ0) is 15.6. The van der Waals surface area contributed by atoms with Crippen LogP contribution in [0.25, 0.3) is 22.3 Å². The maximum Gasteiger partial charge on any atom is -0.0126 e. The summed E-state index contributed by atoms with van der Waals surface area (Å²) in [6, 6.07) is 28.1. The molecule has 0 saturated carbocycles. The van der Waals surface area contributed by atoms with Gasteiger partial charge in [0.15, 0.2) is 0 Å². The first kappa shape index (κ1) is 14.6. The normalized spacial score (nSPS) is 11.4. The van der Waals surface area contributed by atoms with Crippen molar-refractivity contribution in [3.8, 4) is 22.3 Å². The molecule has 0 aromatic heterocycles. The van der Waals surface area contributed by atoms with E-state index < -0.39 is 0 Å². The van der Waals surface area contributed by atoms with Gasteiger partial charge in [-0.05, 0) is 39.3 Å². The van der Waals surface area contributed by atoms with Gasteiger partial charge in [-0.1, -0.05) is 93.6 Å². The molecule has 110 valence electrons. The number of hydrogen-bond acceptors (Lipinski definition) is 0. The first-order chi connectivity index (χ1) is 10.6. The zero-order valence-electron chi connectivity index (χ0n) is 13.5. The SMILES string of the molecule is CC(C)(C)c1ccc(-c2ccccc2)cc1-c1ccccc1. The van der Waals surface area contributed by atoms with Crippen molar-refractivity contribution in [1.82, 2.24) is 0 Å². The molecule has 0 fully saturated rings. The Morgan fingerprint density at radius 1 is 0.545 bits per heavy atom. The highest BCUT2D eigenvalue weighted by Crippen LogP contribution is 2.36. The molecule has 0 N–H and O–H groups in total. The Labute approximate surface area is 133 Å². The molecule has 0 heterocycles. The lowest BCUT2D eigenvalue weighted by Crippen LogP contribution is -2.12. The zero-order valence-corrected chi connectivity index (χ0v) is 13.5. The van der Waals surface area contributed by atoms with Crippen LogP contribution in [0.3, 0.4) is 0 Å². The minimum Gasteiger partial charge on any atom is -0.0622 e. The van der Waals surface area contributed by atoms with Gasteiger partial charge in [0.2, 0.25) is 0 Å². The van der Waals surface area contributed by atoms with Crippen molar-refractivity contribution >= 4 is 0 Å². The second-order valence-corrected chi connectivity index (χ2v) is 6.74. The van der Waals surface area contributed by atoms with Crippen LogP contribution >= 0.6 is 0 Å². The molecule has 3 rings (SSSR count). The van der Waals surface area contributed by atoms with E-state index in [9.17, 15) is 0 Å². The number of hydrogen-bond donors (Lipinski definition) is 0. The molecule has 0 bridgehead atoms. The van der Waals surface area contributed by atoms with Crippen molar-refractivity contribution in [3.05, 3.63) is 84.4 Å². The predicted octanol–water partition coefficient (Wildman–Crippen LogP) is 6.32. The monoisotopic (exact) mass is 286 g/mol. The van der Waals surface area contributed by atoms with Crippen LogP contribution in [0, 0.1) is 0 Å². The summed E-state index contributed by atoms with van der Waals surface area (Å²) in [6.45, 7) is 6.82. The maximum atomic E-state index is 2.32. The Balaban J connectivity index is 2.20. The van der Waals surface area contributed by atoms with E-state index in [1.165, 1.54) is 27.8 Å². The Morgan fingerprint density at radius 3 is 1.64 bits per heavy atom. The van der Waals surface area contributed by atoms with E-state index in [1.54, 1.807) is 0 Å². The van der Waals surface area contributed by atoms with Crippen LogP contribution in [-0.2, 0) is 5.41 Å². The first-order valence-corrected chi connectivity index (χ1v) is 7.81. The molecule has 0 amide bonds. The van der Waals surface area contributed by atoms with Crippen LogP contribution in [0.2, 0.25) is 0 Å². The number of rotatable bonds is 2. The molecule has 3 aromatic rings. The lowest BCUT2D eigenvalue weighted by atomic mass is 9.80. The van der Waals surface area contributed by atoms with Gasteiger partial charge in [0.1, 0.15) is 0 Å². The summed E-state index contributed by atoms with van der Waals surface area (Å²) < 4.78 is 0. The van der Waals surface area contributed by atoms with Gasteiger partial charge in [-0.25, -0.2) is 0 Å². The minimum absolute atomic E-state index is 0.125. The van der Waals surface area contributed by atoms with Gasteiger partial charge in [-0.2, -0.15) is 0 Å².